The van der Waals surface area contributed by atoms with Gasteiger partial charge in [0.1, 0.15) is 10.9 Å². The van der Waals surface area contributed by atoms with Crippen LogP contribution in [0.2, 0.25) is 0 Å². The van der Waals surface area contributed by atoms with Gasteiger partial charge >= 0.3 is 5.63 Å². The van der Waals surface area contributed by atoms with Crippen molar-refractivity contribution in [1.29, 1.82) is 0 Å². The second-order valence-corrected chi connectivity index (χ2v) is 4.38. The molecule has 0 fully saturated rings. The molecule has 6 heteroatoms. The van der Waals surface area contributed by atoms with Crippen LogP contribution >= 0.6 is 15.9 Å². The first-order chi connectivity index (χ1) is 8.56. The fourth-order valence-electron chi connectivity index (χ4n) is 1.32. The number of carbonyl (C=O) groups excluding carboxylic acids is 1. The third-order valence-electron chi connectivity index (χ3n) is 2.24. The standard InChI is InChI=1S/C12H9BrN2O3/c1-7-4-9(5-14-11(7)13)15-12(17)8-2-3-10(16)18-6-8/h2-6H,1H3,(H,15,17). The lowest BCUT2D eigenvalue weighted by atomic mass is 10.2. The summed E-state index contributed by atoms with van der Waals surface area (Å²) in [7, 11) is 0. The van der Waals surface area contributed by atoms with Crippen LogP contribution in [0.1, 0.15) is 15.9 Å². The highest BCUT2D eigenvalue weighted by Gasteiger charge is 2.08. The van der Waals surface area contributed by atoms with Crippen molar-refractivity contribution in [3.8, 4) is 0 Å². The van der Waals surface area contributed by atoms with E-state index in [9.17, 15) is 9.59 Å². The first-order valence-electron chi connectivity index (χ1n) is 5.08. The van der Waals surface area contributed by atoms with E-state index in [1.807, 2.05) is 6.92 Å². The average Bonchev–Trinajstić information content (AvgIpc) is 2.34. The summed E-state index contributed by atoms with van der Waals surface area (Å²) in [5.74, 6) is -0.359. The molecule has 0 unspecified atom stereocenters. The Bertz CT molecular complexity index is 632. The maximum absolute atomic E-state index is 11.8. The monoisotopic (exact) mass is 308 g/mol. The second-order valence-electron chi connectivity index (χ2n) is 3.63. The summed E-state index contributed by atoms with van der Waals surface area (Å²) in [5, 5.41) is 2.66. The van der Waals surface area contributed by atoms with Gasteiger partial charge in [0.15, 0.2) is 0 Å². The Balaban J connectivity index is 2.18. The molecule has 2 rings (SSSR count). The van der Waals surface area contributed by atoms with Crippen molar-refractivity contribution >= 4 is 27.5 Å². The van der Waals surface area contributed by atoms with Gasteiger partial charge in [-0.15, -0.1) is 0 Å². The summed E-state index contributed by atoms with van der Waals surface area (Å²) in [5.41, 5.74) is 1.27. The molecule has 1 N–H and O–H groups in total. The Morgan fingerprint density at radius 2 is 2.22 bits per heavy atom. The third kappa shape index (κ3) is 2.84. The minimum Gasteiger partial charge on any atom is -0.430 e. The zero-order chi connectivity index (χ0) is 13.1. The topological polar surface area (TPSA) is 72.2 Å². The van der Waals surface area contributed by atoms with E-state index in [0.29, 0.717) is 5.69 Å². The summed E-state index contributed by atoms with van der Waals surface area (Å²) in [6.07, 6.45) is 2.66. The molecular formula is C12H9BrN2O3. The van der Waals surface area contributed by atoms with Gasteiger partial charge in [0.2, 0.25) is 0 Å². The molecule has 0 saturated heterocycles. The first-order valence-corrected chi connectivity index (χ1v) is 5.88. The van der Waals surface area contributed by atoms with Crippen LogP contribution < -0.4 is 10.9 Å². The van der Waals surface area contributed by atoms with E-state index in [4.69, 9.17) is 0 Å². The van der Waals surface area contributed by atoms with Crippen LogP contribution in [0.25, 0.3) is 0 Å². The number of aromatic nitrogens is 1. The molecule has 0 aliphatic carbocycles. The van der Waals surface area contributed by atoms with Crippen molar-refractivity contribution < 1.29 is 9.21 Å². The molecule has 2 aromatic heterocycles. The fourth-order valence-corrected chi connectivity index (χ4v) is 1.53. The number of rotatable bonds is 2. The largest absolute Gasteiger partial charge is 0.430 e. The maximum atomic E-state index is 11.8. The smallest absolute Gasteiger partial charge is 0.335 e. The van der Waals surface area contributed by atoms with E-state index in [2.05, 4.69) is 30.6 Å². The van der Waals surface area contributed by atoms with Gasteiger partial charge in [-0.3, -0.25) is 4.79 Å². The zero-order valence-corrected chi connectivity index (χ0v) is 11.0. The molecule has 0 aromatic carbocycles. The number of hydrogen-bond donors (Lipinski definition) is 1. The Labute approximate surface area is 111 Å². The lowest BCUT2D eigenvalue weighted by Gasteiger charge is -2.05. The van der Waals surface area contributed by atoms with Gasteiger partial charge in [-0.25, -0.2) is 9.78 Å². The van der Waals surface area contributed by atoms with E-state index in [1.165, 1.54) is 18.3 Å². The van der Waals surface area contributed by atoms with Gasteiger partial charge in [-0.2, -0.15) is 0 Å². The van der Waals surface area contributed by atoms with Gasteiger partial charge < -0.3 is 9.73 Å². The quantitative estimate of drug-likeness (QED) is 0.864. The first kappa shape index (κ1) is 12.5. The number of amides is 1. The maximum Gasteiger partial charge on any atom is 0.335 e. The molecule has 1 amide bonds. The Kier molecular flexibility index (Phi) is 3.57. The molecule has 0 atom stereocenters. The molecule has 0 saturated carbocycles. The molecule has 0 aliphatic heterocycles. The SMILES string of the molecule is Cc1cc(NC(=O)c2ccc(=O)oc2)cnc1Br. The van der Waals surface area contributed by atoms with Gasteiger partial charge in [0, 0.05) is 6.07 Å². The molecule has 18 heavy (non-hydrogen) atoms. The van der Waals surface area contributed by atoms with E-state index >= 15 is 0 Å². The third-order valence-corrected chi connectivity index (χ3v) is 3.07. The number of pyridine rings is 1. The molecule has 0 spiro atoms. The molecular weight excluding hydrogens is 300 g/mol. The molecule has 2 heterocycles. The zero-order valence-electron chi connectivity index (χ0n) is 9.44. The van der Waals surface area contributed by atoms with Crippen molar-refractivity contribution in [3.63, 3.8) is 0 Å². The van der Waals surface area contributed by atoms with Crippen molar-refractivity contribution in [2.75, 3.05) is 5.32 Å². The number of anilines is 1. The highest BCUT2D eigenvalue weighted by Crippen LogP contribution is 2.17. The number of nitrogens with one attached hydrogen (secondary N) is 1. The van der Waals surface area contributed by atoms with E-state index in [1.54, 1.807) is 6.07 Å². The predicted molar refractivity (Wildman–Crippen MR) is 69.6 cm³/mol. The van der Waals surface area contributed by atoms with Crippen molar-refractivity contribution in [3.05, 3.63) is 56.8 Å². The van der Waals surface area contributed by atoms with E-state index in [0.717, 1.165) is 16.4 Å². The number of hydrogen-bond acceptors (Lipinski definition) is 4. The lowest BCUT2D eigenvalue weighted by molar-refractivity contribution is 0.102. The van der Waals surface area contributed by atoms with Crippen molar-refractivity contribution in [2.45, 2.75) is 6.92 Å². The normalized spacial score (nSPS) is 10.1. The molecule has 2 aromatic rings. The number of nitrogens with zero attached hydrogens (tertiary/aromatic N) is 1. The minimum atomic E-state index is -0.493. The fraction of sp³-hybridized carbons (Fsp3) is 0.0833. The van der Waals surface area contributed by atoms with Crippen LogP contribution in [0.4, 0.5) is 5.69 Å². The van der Waals surface area contributed by atoms with Crippen LogP contribution in [0.3, 0.4) is 0 Å². The number of carbonyl (C=O) groups is 1. The second kappa shape index (κ2) is 5.14. The molecule has 0 bridgehead atoms. The molecule has 0 radical (unpaired) electrons. The van der Waals surface area contributed by atoms with Crippen LogP contribution in [0.15, 0.2) is 44.5 Å². The number of halogens is 1. The van der Waals surface area contributed by atoms with Crippen molar-refractivity contribution in [2.24, 2.45) is 0 Å². The number of aryl methyl sites for hydroxylation is 1. The summed E-state index contributed by atoms with van der Waals surface area (Å²) >= 11 is 3.27. The Hall–Kier alpha value is -1.95. The van der Waals surface area contributed by atoms with Gasteiger partial charge in [-0.05, 0) is 40.5 Å². The van der Waals surface area contributed by atoms with Crippen molar-refractivity contribution in [1.82, 2.24) is 4.98 Å². The van der Waals surface area contributed by atoms with Crippen LogP contribution in [0.5, 0.6) is 0 Å². The Morgan fingerprint density at radius 3 is 2.83 bits per heavy atom. The van der Waals surface area contributed by atoms with Crippen LogP contribution in [-0.4, -0.2) is 10.9 Å². The summed E-state index contributed by atoms with van der Waals surface area (Å²) in [6.45, 7) is 1.87. The summed E-state index contributed by atoms with van der Waals surface area (Å²) < 4.78 is 5.35. The highest BCUT2D eigenvalue weighted by molar-refractivity contribution is 9.10. The summed E-state index contributed by atoms with van der Waals surface area (Å²) in [4.78, 5) is 26.6. The van der Waals surface area contributed by atoms with Crippen LogP contribution in [0, 0.1) is 6.92 Å². The highest BCUT2D eigenvalue weighted by atomic mass is 79.9. The lowest BCUT2D eigenvalue weighted by Crippen LogP contribution is -2.13. The summed E-state index contributed by atoms with van der Waals surface area (Å²) in [6, 6.07) is 4.38. The molecule has 0 aliphatic rings. The molecule has 92 valence electrons. The van der Waals surface area contributed by atoms with Gasteiger partial charge in [0.05, 0.1) is 17.4 Å². The van der Waals surface area contributed by atoms with Crippen LogP contribution in [-0.2, 0) is 0 Å². The Morgan fingerprint density at radius 1 is 1.44 bits per heavy atom. The molecule has 5 nitrogen and oxygen atoms in total. The van der Waals surface area contributed by atoms with Gasteiger partial charge in [-0.1, -0.05) is 0 Å². The minimum absolute atomic E-state index is 0.273. The predicted octanol–water partition coefficient (Wildman–Crippen LogP) is 2.36. The van der Waals surface area contributed by atoms with E-state index < -0.39 is 5.63 Å². The van der Waals surface area contributed by atoms with E-state index in [-0.39, 0.29) is 11.5 Å². The van der Waals surface area contributed by atoms with Gasteiger partial charge in [0.25, 0.3) is 5.91 Å². The average molecular weight is 309 g/mol.